The van der Waals surface area contributed by atoms with Crippen LogP contribution in [0.3, 0.4) is 0 Å². The highest BCUT2D eigenvalue weighted by molar-refractivity contribution is 5.69. The molecule has 118 valence electrons. The van der Waals surface area contributed by atoms with Gasteiger partial charge in [0.05, 0.1) is 5.92 Å². The van der Waals surface area contributed by atoms with E-state index >= 15 is 0 Å². The second-order valence-corrected chi connectivity index (χ2v) is 5.84. The number of unbranched alkanes of at least 4 members (excludes halogenated alkanes) is 2. The molecule has 3 nitrogen and oxygen atoms in total. The largest absolute Gasteiger partial charge is 0.481 e. The Kier molecular flexibility index (Phi) is 8.76. The Morgan fingerprint density at radius 1 is 1.14 bits per heavy atom. The Balaban J connectivity index is 2.38. The van der Waals surface area contributed by atoms with Crippen LogP contribution >= 0.6 is 0 Å². The van der Waals surface area contributed by atoms with E-state index in [0.717, 1.165) is 32.4 Å². The van der Waals surface area contributed by atoms with Crippen LogP contribution in [0.2, 0.25) is 0 Å². The van der Waals surface area contributed by atoms with Crippen LogP contribution in [0.25, 0.3) is 0 Å². The van der Waals surface area contributed by atoms with Crippen LogP contribution in [-0.2, 0) is 11.2 Å². The predicted molar refractivity (Wildman–Crippen MR) is 87.5 cm³/mol. The number of carboxylic acid groups (broad SMARTS) is 1. The van der Waals surface area contributed by atoms with Gasteiger partial charge in [0.1, 0.15) is 0 Å². The summed E-state index contributed by atoms with van der Waals surface area (Å²) in [4.78, 5) is 13.4. The minimum atomic E-state index is -0.696. The van der Waals surface area contributed by atoms with Gasteiger partial charge in [-0.3, -0.25) is 4.79 Å². The standard InChI is InChI=1S/C18H29NO2/c1-3-4-8-13-19(15-16(2)18(20)21)14-9-12-17-10-6-5-7-11-17/h5-7,10-11,16H,3-4,8-9,12-15H2,1-2H3,(H,20,21). The second-order valence-electron chi connectivity index (χ2n) is 5.84. The Morgan fingerprint density at radius 2 is 1.81 bits per heavy atom. The average Bonchev–Trinajstić information content (AvgIpc) is 2.48. The van der Waals surface area contributed by atoms with Crippen molar-refractivity contribution in [3.05, 3.63) is 35.9 Å². The van der Waals surface area contributed by atoms with E-state index in [-0.39, 0.29) is 5.92 Å². The van der Waals surface area contributed by atoms with E-state index in [1.807, 2.05) is 6.07 Å². The topological polar surface area (TPSA) is 40.5 Å². The molecule has 3 heteroatoms. The molecule has 0 aromatic heterocycles. The van der Waals surface area contributed by atoms with Crippen molar-refractivity contribution in [3.63, 3.8) is 0 Å². The van der Waals surface area contributed by atoms with Gasteiger partial charge in [0.25, 0.3) is 0 Å². The van der Waals surface area contributed by atoms with Crippen LogP contribution in [0, 0.1) is 5.92 Å². The highest BCUT2D eigenvalue weighted by Crippen LogP contribution is 2.08. The van der Waals surface area contributed by atoms with Gasteiger partial charge in [-0.15, -0.1) is 0 Å². The first-order valence-corrected chi connectivity index (χ1v) is 8.12. The molecule has 1 unspecified atom stereocenters. The fourth-order valence-corrected chi connectivity index (χ4v) is 2.50. The van der Waals surface area contributed by atoms with E-state index in [4.69, 9.17) is 5.11 Å². The highest BCUT2D eigenvalue weighted by atomic mass is 16.4. The Labute approximate surface area is 129 Å². The Bertz CT molecular complexity index is 391. The highest BCUT2D eigenvalue weighted by Gasteiger charge is 2.15. The summed E-state index contributed by atoms with van der Waals surface area (Å²) in [6.07, 6.45) is 5.73. The van der Waals surface area contributed by atoms with E-state index in [1.54, 1.807) is 6.92 Å². The summed E-state index contributed by atoms with van der Waals surface area (Å²) in [5.74, 6) is -0.984. The third kappa shape index (κ3) is 7.86. The molecule has 21 heavy (non-hydrogen) atoms. The molecule has 1 N–H and O–H groups in total. The molecular formula is C18H29NO2. The minimum absolute atomic E-state index is 0.289. The van der Waals surface area contributed by atoms with Gasteiger partial charge in [-0.1, -0.05) is 57.0 Å². The number of benzene rings is 1. The lowest BCUT2D eigenvalue weighted by molar-refractivity contribution is -0.141. The summed E-state index contributed by atoms with van der Waals surface area (Å²) in [5.41, 5.74) is 1.36. The van der Waals surface area contributed by atoms with Gasteiger partial charge in [0.2, 0.25) is 0 Å². The third-order valence-electron chi connectivity index (χ3n) is 3.81. The van der Waals surface area contributed by atoms with Gasteiger partial charge in [0, 0.05) is 6.54 Å². The van der Waals surface area contributed by atoms with E-state index in [0.29, 0.717) is 6.54 Å². The van der Waals surface area contributed by atoms with Crippen LogP contribution in [0.5, 0.6) is 0 Å². The number of hydrogen-bond acceptors (Lipinski definition) is 2. The number of hydrogen-bond donors (Lipinski definition) is 1. The zero-order valence-electron chi connectivity index (χ0n) is 13.4. The second kappa shape index (κ2) is 10.4. The molecule has 0 saturated heterocycles. The van der Waals surface area contributed by atoms with Crippen molar-refractivity contribution < 1.29 is 9.90 Å². The molecule has 0 amide bonds. The number of aryl methyl sites for hydroxylation is 1. The van der Waals surface area contributed by atoms with E-state index < -0.39 is 5.97 Å². The number of aliphatic carboxylic acids is 1. The average molecular weight is 291 g/mol. The summed E-state index contributed by atoms with van der Waals surface area (Å²) >= 11 is 0. The van der Waals surface area contributed by atoms with E-state index in [9.17, 15) is 4.79 Å². The van der Waals surface area contributed by atoms with Crippen LogP contribution in [-0.4, -0.2) is 35.6 Å². The smallest absolute Gasteiger partial charge is 0.307 e. The fraction of sp³-hybridized carbons (Fsp3) is 0.611. The maximum atomic E-state index is 11.0. The molecule has 1 atom stereocenters. The molecule has 1 aromatic rings. The van der Waals surface area contributed by atoms with Crippen molar-refractivity contribution in [2.75, 3.05) is 19.6 Å². The Morgan fingerprint density at radius 3 is 2.43 bits per heavy atom. The molecule has 0 radical (unpaired) electrons. The van der Waals surface area contributed by atoms with Crippen LogP contribution in [0.1, 0.15) is 45.1 Å². The zero-order valence-corrected chi connectivity index (χ0v) is 13.4. The summed E-state index contributed by atoms with van der Waals surface area (Å²) < 4.78 is 0. The maximum absolute atomic E-state index is 11.0. The summed E-state index contributed by atoms with van der Waals surface area (Å²) in [5, 5.41) is 9.08. The summed E-state index contributed by atoms with van der Waals surface area (Å²) in [6, 6.07) is 10.5. The van der Waals surface area contributed by atoms with Crippen molar-refractivity contribution in [1.82, 2.24) is 4.90 Å². The first kappa shape index (κ1) is 17.7. The molecule has 0 aliphatic rings. The number of carbonyl (C=O) groups is 1. The summed E-state index contributed by atoms with van der Waals surface area (Å²) in [6.45, 7) is 6.65. The molecule has 0 aliphatic carbocycles. The monoisotopic (exact) mass is 291 g/mol. The lowest BCUT2D eigenvalue weighted by Gasteiger charge is -2.24. The summed E-state index contributed by atoms with van der Waals surface area (Å²) in [7, 11) is 0. The maximum Gasteiger partial charge on any atom is 0.307 e. The third-order valence-corrected chi connectivity index (χ3v) is 3.81. The molecule has 0 bridgehead atoms. The van der Waals surface area contributed by atoms with Crippen molar-refractivity contribution in [1.29, 1.82) is 0 Å². The molecule has 0 fully saturated rings. The fourth-order valence-electron chi connectivity index (χ4n) is 2.50. The van der Waals surface area contributed by atoms with Gasteiger partial charge >= 0.3 is 5.97 Å². The van der Waals surface area contributed by atoms with Gasteiger partial charge in [-0.25, -0.2) is 0 Å². The van der Waals surface area contributed by atoms with Crippen molar-refractivity contribution in [3.8, 4) is 0 Å². The van der Waals surface area contributed by atoms with Crippen LogP contribution in [0.4, 0.5) is 0 Å². The zero-order chi connectivity index (χ0) is 15.5. The number of nitrogens with zero attached hydrogens (tertiary/aromatic N) is 1. The van der Waals surface area contributed by atoms with Crippen LogP contribution in [0.15, 0.2) is 30.3 Å². The number of rotatable bonds is 11. The normalized spacial score (nSPS) is 12.5. The van der Waals surface area contributed by atoms with E-state index in [1.165, 1.54) is 18.4 Å². The van der Waals surface area contributed by atoms with Crippen molar-refractivity contribution in [2.24, 2.45) is 5.92 Å². The van der Waals surface area contributed by atoms with Gasteiger partial charge in [-0.2, -0.15) is 0 Å². The predicted octanol–water partition coefficient (Wildman–Crippen LogP) is 3.83. The molecule has 0 saturated carbocycles. The lowest BCUT2D eigenvalue weighted by atomic mass is 10.1. The van der Waals surface area contributed by atoms with E-state index in [2.05, 4.69) is 36.1 Å². The first-order chi connectivity index (χ1) is 10.1. The lowest BCUT2D eigenvalue weighted by Crippen LogP contribution is -2.33. The SMILES string of the molecule is CCCCCN(CCCc1ccccc1)CC(C)C(=O)O. The molecule has 0 aliphatic heterocycles. The Hall–Kier alpha value is -1.35. The quantitative estimate of drug-likeness (QED) is 0.630. The number of carboxylic acids is 1. The molecule has 1 rings (SSSR count). The molecule has 0 spiro atoms. The van der Waals surface area contributed by atoms with Crippen molar-refractivity contribution in [2.45, 2.75) is 46.0 Å². The van der Waals surface area contributed by atoms with Gasteiger partial charge < -0.3 is 10.0 Å². The van der Waals surface area contributed by atoms with Gasteiger partial charge in [0.15, 0.2) is 0 Å². The minimum Gasteiger partial charge on any atom is -0.481 e. The first-order valence-electron chi connectivity index (χ1n) is 8.12. The molecular weight excluding hydrogens is 262 g/mol. The van der Waals surface area contributed by atoms with Crippen molar-refractivity contribution >= 4 is 5.97 Å². The van der Waals surface area contributed by atoms with Gasteiger partial charge in [-0.05, 0) is 37.9 Å². The molecule has 0 heterocycles. The van der Waals surface area contributed by atoms with Crippen LogP contribution < -0.4 is 0 Å². The molecule has 1 aromatic carbocycles.